The number of nitrogens with one attached hydrogen (secondary N) is 1. The van der Waals surface area contributed by atoms with Crippen LogP contribution in [0.1, 0.15) is 25.5 Å². The van der Waals surface area contributed by atoms with Crippen LogP contribution in [0.15, 0.2) is 30.3 Å². The highest BCUT2D eigenvalue weighted by Crippen LogP contribution is 2.21. The fourth-order valence-electron chi connectivity index (χ4n) is 1.79. The molecule has 4 heteroatoms. The van der Waals surface area contributed by atoms with Gasteiger partial charge in [0.2, 0.25) is 0 Å². The summed E-state index contributed by atoms with van der Waals surface area (Å²) in [5, 5.41) is 11.8. The molecule has 0 spiro atoms. The van der Waals surface area contributed by atoms with Crippen molar-refractivity contribution in [2.24, 2.45) is 5.92 Å². The normalized spacial score (nSPS) is 12.3. The maximum atomic E-state index is 11.9. The first-order valence-corrected chi connectivity index (χ1v) is 6.23. The SMILES string of the molecule is CC(C)C(NC(=O)N(C)CCO)c1ccccc1. The van der Waals surface area contributed by atoms with Gasteiger partial charge in [0.05, 0.1) is 12.6 Å². The topological polar surface area (TPSA) is 52.6 Å². The van der Waals surface area contributed by atoms with E-state index in [4.69, 9.17) is 5.11 Å². The van der Waals surface area contributed by atoms with E-state index in [0.29, 0.717) is 12.5 Å². The Hall–Kier alpha value is -1.55. The van der Waals surface area contributed by atoms with Gasteiger partial charge in [0.25, 0.3) is 0 Å². The molecule has 100 valence electrons. The maximum Gasteiger partial charge on any atom is 0.317 e. The van der Waals surface area contributed by atoms with E-state index >= 15 is 0 Å². The minimum absolute atomic E-state index is 0.0140. The highest BCUT2D eigenvalue weighted by atomic mass is 16.3. The Morgan fingerprint density at radius 3 is 2.44 bits per heavy atom. The quantitative estimate of drug-likeness (QED) is 0.840. The number of nitrogens with zero attached hydrogens (tertiary/aromatic N) is 1. The minimum Gasteiger partial charge on any atom is -0.395 e. The average molecular weight is 250 g/mol. The molecule has 0 fully saturated rings. The second-order valence-electron chi connectivity index (χ2n) is 4.73. The smallest absolute Gasteiger partial charge is 0.317 e. The van der Waals surface area contributed by atoms with Gasteiger partial charge in [0.15, 0.2) is 0 Å². The summed E-state index contributed by atoms with van der Waals surface area (Å²) in [6, 6.07) is 9.74. The van der Waals surface area contributed by atoms with E-state index in [2.05, 4.69) is 19.2 Å². The number of likely N-dealkylation sites (N-methyl/N-ethyl adjacent to an activating group) is 1. The Morgan fingerprint density at radius 1 is 1.33 bits per heavy atom. The summed E-state index contributed by atoms with van der Waals surface area (Å²) in [5.74, 6) is 0.305. The summed E-state index contributed by atoms with van der Waals surface area (Å²) in [4.78, 5) is 13.4. The zero-order chi connectivity index (χ0) is 13.5. The van der Waals surface area contributed by atoms with Crippen LogP contribution in [-0.4, -0.2) is 36.2 Å². The summed E-state index contributed by atoms with van der Waals surface area (Å²) in [6.07, 6.45) is 0. The predicted octanol–water partition coefficient (Wildman–Crippen LogP) is 2.02. The third-order valence-electron chi connectivity index (χ3n) is 2.89. The highest BCUT2D eigenvalue weighted by Gasteiger charge is 2.19. The lowest BCUT2D eigenvalue weighted by atomic mass is 9.96. The van der Waals surface area contributed by atoms with E-state index < -0.39 is 0 Å². The summed E-state index contributed by atoms with van der Waals surface area (Å²) in [5.41, 5.74) is 1.10. The van der Waals surface area contributed by atoms with Crippen molar-refractivity contribution in [3.63, 3.8) is 0 Å². The van der Waals surface area contributed by atoms with Crippen LogP contribution < -0.4 is 5.32 Å². The number of benzene rings is 1. The third-order valence-corrected chi connectivity index (χ3v) is 2.89. The Balaban J connectivity index is 2.73. The average Bonchev–Trinajstić information content (AvgIpc) is 2.36. The molecule has 18 heavy (non-hydrogen) atoms. The monoisotopic (exact) mass is 250 g/mol. The van der Waals surface area contributed by atoms with E-state index in [1.54, 1.807) is 7.05 Å². The zero-order valence-corrected chi connectivity index (χ0v) is 11.3. The van der Waals surface area contributed by atoms with Crippen LogP contribution in [0.3, 0.4) is 0 Å². The molecule has 1 atom stereocenters. The Morgan fingerprint density at radius 2 is 1.94 bits per heavy atom. The fourth-order valence-corrected chi connectivity index (χ4v) is 1.79. The van der Waals surface area contributed by atoms with Crippen molar-refractivity contribution in [3.8, 4) is 0 Å². The molecule has 1 unspecified atom stereocenters. The number of hydrogen-bond donors (Lipinski definition) is 2. The number of hydrogen-bond acceptors (Lipinski definition) is 2. The summed E-state index contributed by atoms with van der Waals surface area (Å²) in [7, 11) is 1.67. The molecule has 2 N–H and O–H groups in total. The van der Waals surface area contributed by atoms with Crippen LogP contribution in [0.25, 0.3) is 0 Å². The molecule has 1 rings (SSSR count). The first-order chi connectivity index (χ1) is 8.56. The second-order valence-corrected chi connectivity index (χ2v) is 4.73. The van der Waals surface area contributed by atoms with Crippen molar-refractivity contribution >= 4 is 6.03 Å². The number of aliphatic hydroxyl groups excluding tert-OH is 1. The molecule has 0 heterocycles. The van der Waals surface area contributed by atoms with Crippen molar-refractivity contribution in [2.75, 3.05) is 20.2 Å². The number of rotatable bonds is 5. The second kappa shape index (κ2) is 7.01. The molecule has 0 aromatic heterocycles. The lowest BCUT2D eigenvalue weighted by Gasteiger charge is -2.26. The number of carbonyl (C=O) groups is 1. The van der Waals surface area contributed by atoms with Crippen molar-refractivity contribution in [1.82, 2.24) is 10.2 Å². The minimum atomic E-state index is -0.161. The summed E-state index contributed by atoms with van der Waals surface area (Å²) >= 11 is 0. The van der Waals surface area contributed by atoms with Crippen LogP contribution in [-0.2, 0) is 0 Å². The van der Waals surface area contributed by atoms with Gasteiger partial charge in [-0.1, -0.05) is 44.2 Å². The number of amides is 2. The van der Waals surface area contributed by atoms with Gasteiger partial charge in [-0.05, 0) is 11.5 Å². The third kappa shape index (κ3) is 4.04. The van der Waals surface area contributed by atoms with Crippen molar-refractivity contribution in [2.45, 2.75) is 19.9 Å². The van der Waals surface area contributed by atoms with Gasteiger partial charge in [0.1, 0.15) is 0 Å². The molecule has 0 aliphatic heterocycles. The molecule has 2 amide bonds. The Kier molecular flexibility index (Phi) is 5.65. The van der Waals surface area contributed by atoms with Gasteiger partial charge in [-0.2, -0.15) is 0 Å². The standard InChI is InChI=1S/C14H22N2O2/c1-11(2)13(12-7-5-4-6-8-12)15-14(18)16(3)9-10-17/h4-8,11,13,17H,9-10H2,1-3H3,(H,15,18). The molecule has 0 aliphatic rings. The first-order valence-electron chi connectivity index (χ1n) is 6.23. The van der Waals surface area contributed by atoms with E-state index in [9.17, 15) is 4.79 Å². The molecular weight excluding hydrogens is 228 g/mol. The zero-order valence-electron chi connectivity index (χ0n) is 11.3. The Bertz CT molecular complexity index is 365. The van der Waals surface area contributed by atoms with Crippen LogP contribution in [0.5, 0.6) is 0 Å². The molecule has 1 aromatic rings. The molecule has 1 aromatic carbocycles. The van der Waals surface area contributed by atoms with E-state index in [1.807, 2.05) is 30.3 Å². The number of carbonyl (C=O) groups excluding carboxylic acids is 1. The van der Waals surface area contributed by atoms with E-state index in [1.165, 1.54) is 4.90 Å². The fraction of sp³-hybridized carbons (Fsp3) is 0.500. The van der Waals surface area contributed by atoms with Crippen LogP contribution in [0.4, 0.5) is 4.79 Å². The summed E-state index contributed by atoms with van der Waals surface area (Å²) < 4.78 is 0. The van der Waals surface area contributed by atoms with Gasteiger partial charge in [-0.15, -0.1) is 0 Å². The first kappa shape index (κ1) is 14.5. The van der Waals surface area contributed by atoms with Crippen LogP contribution in [0, 0.1) is 5.92 Å². The van der Waals surface area contributed by atoms with Crippen LogP contribution in [0.2, 0.25) is 0 Å². The number of urea groups is 1. The van der Waals surface area contributed by atoms with Gasteiger partial charge in [0, 0.05) is 13.6 Å². The molecule has 0 saturated heterocycles. The summed E-state index contributed by atoms with van der Waals surface area (Å²) in [6.45, 7) is 4.46. The van der Waals surface area contributed by atoms with Crippen molar-refractivity contribution in [3.05, 3.63) is 35.9 Å². The molecular formula is C14H22N2O2. The Labute approximate surface area is 109 Å². The molecule has 0 saturated carbocycles. The van der Waals surface area contributed by atoms with Gasteiger partial charge in [-0.3, -0.25) is 0 Å². The molecule has 0 radical (unpaired) electrons. The van der Waals surface area contributed by atoms with Crippen molar-refractivity contribution < 1.29 is 9.90 Å². The van der Waals surface area contributed by atoms with Gasteiger partial charge in [-0.25, -0.2) is 4.79 Å². The lowest BCUT2D eigenvalue weighted by molar-refractivity contribution is 0.184. The lowest BCUT2D eigenvalue weighted by Crippen LogP contribution is -2.42. The molecule has 4 nitrogen and oxygen atoms in total. The molecule has 0 bridgehead atoms. The van der Waals surface area contributed by atoms with Gasteiger partial charge < -0.3 is 15.3 Å². The van der Waals surface area contributed by atoms with Crippen molar-refractivity contribution in [1.29, 1.82) is 0 Å². The molecule has 0 aliphatic carbocycles. The van der Waals surface area contributed by atoms with E-state index in [0.717, 1.165) is 5.56 Å². The maximum absolute atomic E-state index is 11.9. The van der Waals surface area contributed by atoms with E-state index in [-0.39, 0.29) is 18.7 Å². The largest absolute Gasteiger partial charge is 0.395 e. The number of aliphatic hydroxyl groups is 1. The van der Waals surface area contributed by atoms with Gasteiger partial charge >= 0.3 is 6.03 Å². The highest BCUT2D eigenvalue weighted by molar-refractivity contribution is 5.74. The van der Waals surface area contributed by atoms with Crippen LogP contribution >= 0.6 is 0 Å². The predicted molar refractivity (Wildman–Crippen MR) is 72.3 cm³/mol.